The number of hydrogen-bond donors (Lipinski definition) is 0. The molecule has 7 heteroatoms. The van der Waals surface area contributed by atoms with Gasteiger partial charge in [-0.25, -0.2) is 4.39 Å². The van der Waals surface area contributed by atoms with Crippen molar-refractivity contribution in [1.29, 1.82) is 0 Å². The molecule has 0 aliphatic carbocycles. The van der Waals surface area contributed by atoms with Crippen LogP contribution < -0.4 is 10.3 Å². The van der Waals surface area contributed by atoms with Crippen molar-refractivity contribution < 1.29 is 18.4 Å². The Labute approximate surface area is 200 Å². The van der Waals surface area contributed by atoms with Crippen molar-refractivity contribution in [2.75, 3.05) is 11.4 Å². The Morgan fingerprint density at radius 1 is 0.914 bits per heavy atom. The van der Waals surface area contributed by atoms with Gasteiger partial charge in [-0.05, 0) is 42.3 Å². The van der Waals surface area contributed by atoms with Gasteiger partial charge in [-0.15, -0.1) is 0 Å². The summed E-state index contributed by atoms with van der Waals surface area (Å²) in [5.41, 5.74) is 0.258. The maximum Gasteiger partial charge on any atom is 0.291 e. The second kappa shape index (κ2) is 7.63. The zero-order valence-corrected chi connectivity index (χ0v) is 19.0. The summed E-state index contributed by atoms with van der Waals surface area (Å²) in [6.45, 7) is 2.35. The summed E-state index contributed by atoms with van der Waals surface area (Å²) in [5, 5.41) is 0.319. The molecule has 1 unspecified atom stereocenters. The highest BCUT2D eigenvalue weighted by atomic mass is 19.1. The molecular formula is C28H21FN2O4. The van der Waals surface area contributed by atoms with E-state index in [9.17, 15) is 18.8 Å². The molecule has 2 aliphatic heterocycles. The van der Waals surface area contributed by atoms with Gasteiger partial charge in [0.05, 0.1) is 23.2 Å². The number of rotatable bonds is 4. The predicted molar refractivity (Wildman–Crippen MR) is 129 cm³/mol. The van der Waals surface area contributed by atoms with E-state index < -0.39 is 17.4 Å². The number of carbonyl (C=O) groups excluding carboxylic acids is 2. The lowest BCUT2D eigenvalue weighted by atomic mass is 9.84. The summed E-state index contributed by atoms with van der Waals surface area (Å²) in [4.78, 5) is 45.0. The van der Waals surface area contributed by atoms with Gasteiger partial charge in [-0.1, -0.05) is 49.4 Å². The highest BCUT2D eigenvalue weighted by Crippen LogP contribution is 2.52. The lowest BCUT2D eigenvalue weighted by molar-refractivity contribution is -0.126. The summed E-state index contributed by atoms with van der Waals surface area (Å²) in [5.74, 6) is -1.33. The summed E-state index contributed by atoms with van der Waals surface area (Å²) in [6, 6.07) is 19.9. The number of nitrogens with zero attached hydrogens (tertiary/aromatic N) is 2. The molecule has 1 aromatic heterocycles. The lowest BCUT2D eigenvalue weighted by Crippen LogP contribution is -2.53. The average molecular weight is 468 g/mol. The van der Waals surface area contributed by atoms with Crippen LogP contribution in [0.1, 0.15) is 40.6 Å². The van der Waals surface area contributed by atoms with Gasteiger partial charge < -0.3 is 14.2 Å². The molecule has 3 heterocycles. The molecule has 0 saturated carbocycles. The largest absolute Gasteiger partial charge is 0.450 e. The smallest absolute Gasteiger partial charge is 0.291 e. The highest BCUT2D eigenvalue weighted by Gasteiger charge is 2.64. The number of benzene rings is 3. The maximum absolute atomic E-state index is 14.4. The molecular weight excluding hydrogens is 447 g/mol. The first-order valence-electron chi connectivity index (χ1n) is 11.5. The zero-order valence-electron chi connectivity index (χ0n) is 19.0. The van der Waals surface area contributed by atoms with Crippen LogP contribution in [-0.2, 0) is 16.9 Å². The zero-order chi connectivity index (χ0) is 24.3. The predicted octanol–water partition coefficient (Wildman–Crippen LogP) is 4.59. The molecule has 4 aromatic rings. The van der Waals surface area contributed by atoms with Gasteiger partial charge in [-0.2, -0.15) is 0 Å². The fourth-order valence-corrected chi connectivity index (χ4v) is 5.39. The molecule has 3 aromatic carbocycles. The Kier molecular flexibility index (Phi) is 4.64. The van der Waals surface area contributed by atoms with E-state index in [0.29, 0.717) is 28.6 Å². The van der Waals surface area contributed by atoms with Crippen molar-refractivity contribution in [2.45, 2.75) is 25.4 Å². The first-order chi connectivity index (χ1) is 17.0. The van der Waals surface area contributed by atoms with Crippen molar-refractivity contribution in [3.63, 3.8) is 0 Å². The summed E-state index contributed by atoms with van der Waals surface area (Å²) >= 11 is 0. The quantitative estimate of drug-likeness (QED) is 0.439. The minimum Gasteiger partial charge on any atom is -0.450 e. The number of para-hydroxylation sites is 2. The van der Waals surface area contributed by atoms with E-state index in [0.717, 1.165) is 5.56 Å². The summed E-state index contributed by atoms with van der Waals surface area (Å²) in [6.07, 6.45) is 0.586. The van der Waals surface area contributed by atoms with E-state index >= 15 is 0 Å². The van der Waals surface area contributed by atoms with Gasteiger partial charge in [-0.3, -0.25) is 14.4 Å². The Bertz CT molecular complexity index is 1580. The van der Waals surface area contributed by atoms with Crippen molar-refractivity contribution in [3.05, 3.63) is 111 Å². The van der Waals surface area contributed by atoms with Crippen LogP contribution in [-0.4, -0.2) is 23.3 Å². The van der Waals surface area contributed by atoms with Crippen molar-refractivity contribution in [2.24, 2.45) is 0 Å². The topological polar surface area (TPSA) is 70.8 Å². The minimum atomic E-state index is -1.62. The molecule has 0 radical (unpaired) electrons. The first-order valence-corrected chi connectivity index (χ1v) is 11.5. The van der Waals surface area contributed by atoms with E-state index in [1.807, 2.05) is 13.0 Å². The third-order valence-electron chi connectivity index (χ3n) is 6.84. The van der Waals surface area contributed by atoms with Crippen molar-refractivity contribution in [3.8, 4) is 0 Å². The Hall–Kier alpha value is -4.26. The monoisotopic (exact) mass is 468 g/mol. The molecule has 1 atom stereocenters. The maximum atomic E-state index is 14.4. The number of halogens is 1. The summed E-state index contributed by atoms with van der Waals surface area (Å²) < 4.78 is 19.5. The number of hydrogen-bond acceptors (Lipinski definition) is 4. The van der Waals surface area contributed by atoms with Crippen LogP contribution in [0.15, 0.2) is 82.0 Å². The van der Waals surface area contributed by atoms with Gasteiger partial charge in [0, 0.05) is 12.1 Å². The highest BCUT2D eigenvalue weighted by molar-refractivity contribution is 6.17. The first kappa shape index (κ1) is 21.3. The van der Waals surface area contributed by atoms with Crippen LogP contribution in [0.4, 0.5) is 10.1 Å². The van der Waals surface area contributed by atoms with Crippen LogP contribution in [0.5, 0.6) is 0 Å². The molecule has 2 aliphatic rings. The Balaban J connectivity index is 1.64. The minimum absolute atomic E-state index is 0.0636. The van der Waals surface area contributed by atoms with Crippen LogP contribution >= 0.6 is 0 Å². The van der Waals surface area contributed by atoms with E-state index in [1.165, 1.54) is 17.0 Å². The summed E-state index contributed by atoms with van der Waals surface area (Å²) in [7, 11) is 0. The molecule has 0 bridgehead atoms. The standard InChI is InChI=1S/C28H21FN2O4/c1-2-15-31-26(33)25-23(24(32)19-7-3-6-10-22(19)35-25)28(31)20-8-4-5-9-21(20)30(27(28)34)16-17-11-13-18(29)14-12-17/h3-14H,2,15-16H2,1H3. The van der Waals surface area contributed by atoms with Crippen LogP contribution in [0.3, 0.4) is 0 Å². The van der Waals surface area contributed by atoms with Gasteiger partial charge in [0.15, 0.2) is 11.0 Å². The van der Waals surface area contributed by atoms with E-state index in [2.05, 4.69) is 0 Å². The van der Waals surface area contributed by atoms with Gasteiger partial charge in [0.2, 0.25) is 5.76 Å². The number of carbonyl (C=O) groups is 2. The molecule has 174 valence electrons. The fourth-order valence-electron chi connectivity index (χ4n) is 5.39. The average Bonchev–Trinajstić information content (AvgIpc) is 3.26. The third kappa shape index (κ3) is 2.78. The third-order valence-corrected chi connectivity index (χ3v) is 6.84. The molecule has 6 rings (SSSR count). The van der Waals surface area contributed by atoms with E-state index in [4.69, 9.17) is 4.42 Å². The van der Waals surface area contributed by atoms with E-state index in [-0.39, 0.29) is 35.7 Å². The van der Waals surface area contributed by atoms with Gasteiger partial charge in [0.25, 0.3) is 11.8 Å². The molecule has 0 fully saturated rings. The van der Waals surface area contributed by atoms with Gasteiger partial charge in [0.1, 0.15) is 11.4 Å². The normalized spacial score (nSPS) is 18.6. The molecule has 2 amide bonds. The van der Waals surface area contributed by atoms with E-state index in [1.54, 1.807) is 59.5 Å². The number of amides is 2. The Morgan fingerprint density at radius 2 is 1.63 bits per heavy atom. The molecule has 0 saturated heterocycles. The Morgan fingerprint density at radius 3 is 2.40 bits per heavy atom. The second-order valence-electron chi connectivity index (χ2n) is 8.83. The van der Waals surface area contributed by atoms with Crippen LogP contribution in [0.25, 0.3) is 11.0 Å². The molecule has 6 nitrogen and oxygen atoms in total. The lowest BCUT2D eigenvalue weighted by Gasteiger charge is -2.34. The van der Waals surface area contributed by atoms with Crippen LogP contribution in [0.2, 0.25) is 0 Å². The van der Waals surface area contributed by atoms with Crippen molar-refractivity contribution in [1.82, 2.24) is 4.90 Å². The van der Waals surface area contributed by atoms with Crippen LogP contribution in [0, 0.1) is 5.82 Å². The molecule has 35 heavy (non-hydrogen) atoms. The molecule has 1 spiro atoms. The fraction of sp³-hybridized carbons (Fsp3) is 0.179. The number of anilines is 1. The van der Waals surface area contributed by atoms with Gasteiger partial charge >= 0.3 is 0 Å². The SMILES string of the molecule is CCCN1C(=O)c2oc3ccccc3c(=O)c2C12C(=O)N(Cc1ccc(F)cc1)c1ccccc12. The molecule has 0 N–H and O–H groups in total. The second-order valence-corrected chi connectivity index (χ2v) is 8.83. The number of fused-ring (bicyclic) bond motifs is 5. The van der Waals surface area contributed by atoms with Crippen molar-refractivity contribution >= 4 is 28.5 Å².